The third kappa shape index (κ3) is 4.17. The van der Waals surface area contributed by atoms with Gasteiger partial charge in [-0.3, -0.25) is 0 Å². The number of amides is 2. The summed E-state index contributed by atoms with van der Waals surface area (Å²) in [5, 5.41) is 4.88. The molecule has 2 aromatic rings. The standard InChI is InChI=1S/C18H20F2N2O3/c1-18(2,11-8-9-14(24-3)15(10-11)25-4)22-17(23)21-16-12(19)6-5-7-13(16)20/h5-10H,1-4H3,(H2,21,22,23). The lowest BCUT2D eigenvalue weighted by Gasteiger charge is -2.27. The highest BCUT2D eigenvalue weighted by atomic mass is 19.1. The van der Waals surface area contributed by atoms with Gasteiger partial charge >= 0.3 is 6.03 Å². The number of methoxy groups -OCH3 is 2. The lowest BCUT2D eigenvalue weighted by Crippen LogP contribution is -2.43. The topological polar surface area (TPSA) is 59.6 Å². The van der Waals surface area contributed by atoms with Crippen LogP contribution in [0.5, 0.6) is 11.5 Å². The van der Waals surface area contributed by atoms with E-state index in [9.17, 15) is 13.6 Å². The Morgan fingerprint density at radius 1 is 1.00 bits per heavy atom. The number of halogens is 2. The fourth-order valence-corrected chi connectivity index (χ4v) is 2.34. The van der Waals surface area contributed by atoms with Crippen molar-refractivity contribution in [2.24, 2.45) is 0 Å². The third-order valence-corrected chi connectivity index (χ3v) is 3.73. The third-order valence-electron chi connectivity index (χ3n) is 3.73. The van der Waals surface area contributed by atoms with Crippen molar-refractivity contribution in [3.63, 3.8) is 0 Å². The number of urea groups is 1. The van der Waals surface area contributed by atoms with Crippen molar-refractivity contribution in [3.8, 4) is 11.5 Å². The molecule has 0 aliphatic heterocycles. The Morgan fingerprint density at radius 3 is 2.16 bits per heavy atom. The molecule has 7 heteroatoms. The Hall–Kier alpha value is -2.83. The Morgan fingerprint density at radius 2 is 1.60 bits per heavy atom. The molecular weight excluding hydrogens is 330 g/mol. The maximum atomic E-state index is 13.6. The number of benzene rings is 2. The van der Waals surface area contributed by atoms with Gasteiger partial charge in [0.05, 0.1) is 19.8 Å². The van der Waals surface area contributed by atoms with Crippen molar-refractivity contribution in [2.45, 2.75) is 19.4 Å². The quantitative estimate of drug-likeness (QED) is 0.856. The molecule has 0 spiro atoms. The van der Waals surface area contributed by atoms with Crippen LogP contribution in [0.25, 0.3) is 0 Å². The van der Waals surface area contributed by atoms with Crippen molar-refractivity contribution in [1.82, 2.24) is 5.32 Å². The van der Waals surface area contributed by atoms with E-state index in [2.05, 4.69) is 10.6 Å². The van der Waals surface area contributed by atoms with Crippen LogP contribution in [0.2, 0.25) is 0 Å². The van der Waals surface area contributed by atoms with Gasteiger partial charge in [0.2, 0.25) is 0 Å². The maximum absolute atomic E-state index is 13.6. The Kier molecular flexibility index (Phi) is 5.46. The summed E-state index contributed by atoms with van der Waals surface area (Å²) in [6, 6.07) is 7.83. The summed E-state index contributed by atoms with van der Waals surface area (Å²) in [6.07, 6.45) is 0. The van der Waals surface area contributed by atoms with Crippen molar-refractivity contribution in [1.29, 1.82) is 0 Å². The molecule has 0 atom stereocenters. The first kappa shape index (κ1) is 18.5. The predicted octanol–water partition coefficient (Wildman–Crippen LogP) is 4.04. The van der Waals surface area contributed by atoms with E-state index in [-0.39, 0.29) is 0 Å². The second-order valence-corrected chi connectivity index (χ2v) is 5.87. The average Bonchev–Trinajstić information content (AvgIpc) is 2.57. The van der Waals surface area contributed by atoms with Crippen LogP contribution in [0.3, 0.4) is 0 Å². The number of para-hydroxylation sites is 1. The Balaban J connectivity index is 2.19. The van der Waals surface area contributed by atoms with Gasteiger partial charge < -0.3 is 20.1 Å². The minimum Gasteiger partial charge on any atom is -0.493 e. The molecule has 0 heterocycles. The minimum absolute atomic E-state index is 0.497. The second-order valence-electron chi connectivity index (χ2n) is 5.87. The minimum atomic E-state index is -0.848. The molecule has 0 aliphatic rings. The Bertz CT molecular complexity index is 759. The van der Waals surface area contributed by atoms with E-state index >= 15 is 0 Å². The fourth-order valence-electron chi connectivity index (χ4n) is 2.34. The molecule has 134 valence electrons. The zero-order valence-corrected chi connectivity index (χ0v) is 14.4. The second kappa shape index (κ2) is 7.38. The average molecular weight is 350 g/mol. The summed E-state index contributed by atoms with van der Waals surface area (Å²) in [5.41, 5.74) is -0.594. The maximum Gasteiger partial charge on any atom is 0.320 e. The van der Waals surface area contributed by atoms with Gasteiger partial charge in [-0.25, -0.2) is 13.6 Å². The molecule has 2 rings (SSSR count). The molecule has 25 heavy (non-hydrogen) atoms. The molecule has 2 amide bonds. The zero-order chi connectivity index (χ0) is 18.6. The van der Waals surface area contributed by atoms with Gasteiger partial charge in [0, 0.05) is 0 Å². The number of ether oxygens (including phenoxy) is 2. The molecule has 2 N–H and O–H groups in total. The van der Waals surface area contributed by atoms with E-state index < -0.39 is 28.9 Å². The van der Waals surface area contributed by atoms with Gasteiger partial charge in [-0.2, -0.15) is 0 Å². The molecule has 0 saturated heterocycles. The number of carbonyl (C=O) groups excluding carboxylic acids is 1. The van der Waals surface area contributed by atoms with E-state index in [0.29, 0.717) is 11.5 Å². The molecule has 0 bridgehead atoms. The van der Waals surface area contributed by atoms with Gasteiger partial charge in [-0.15, -0.1) is 0 Å². The van der Waals surface area contributed by atoms with Crippen LogP contribution in [0.15, 0.2) is 36.4 Å². The van der Waals surface area contributed by atoms with E-state index in [1.54, 1.807) is 32.0 Å². The van der Waals surface area contributed by atoms with Gasteiger partial charge in [0.25, 0.3) is 0 Å². The first-order valence-electron chi connectivity index (χ1n) is 7.54. The van der Waals surface area contributed by atoms with Crippen LogP contribution in [0.1, 0.15) is 19.4 Å². The lowest BCUT2D eigenvalue weighted by atomic mass is 9.94. The van der Waals surface area contributed by atoms with Gasteiger partial charge in [-0.1, -0.05) is 12.1 Å². The normalized spacial score (nSPS) is 11.0. The first-order valence-corrected chi connectivity index (χ1v) is 7.54. The predicted molar refractivity (Wildman–Crippen MR) is 91.1 cm³/mol. The molecular formula is C18H20F2N2O3. The summed E-state index contributed by atoms with van der Waals surface area (Å²) < 4.78 is 37.7. The van der Waals surface area contributed by atoms with Crippen molar-refractivity contribution in [3.05, 3.63) is 53.6 Å². The molecule has 0 aliphatic carbocycles. The van der Waals surface area contributed by atoms with Gasteiger partial charge in [-0.05, 0) is 43.7 Å². The van der Waals surface area contributed by atoms with Crippen molar-refractivity contribution >= 4 is 11.7 Å². The van der Waals surface area contributed by atoms with Crippen LogP contribution in [0, 0.1) is 11.6 Å². The highest BCUT2D eigenvalue weighted by Crippen LogP contribution is 2.32. The summed E-state index contributed by atoms with van der Waals surface area (Å²) in [7, 11) is 3.03. The van der Waals surface area contributed by atoms with Crippen LogP contribution < -0.4 is 20.1 Å². The van der Waals surface area contributed by atoms with E-state index in [4.69, 9.17) is 9.47 Å². The van der Waals surface area contributed by atoms with Crippen LogP contribution >= 0.6 is 0 Å². The molecule has 0 aromatic heterocycles. The van der Waals surface area contributed by atoms with Gasteiger partial charge in [0.15, 0.2) is 11.5 Å². The number of nitrogens with one attached hydrogen (secondary N) is 2. The molecule has 0 fully saturated rings. The summed E-state index contributed by atoms with van der Waals surface area (Å²) in [6.45, 7) is 3.51. The monoisotopic (exact) mass is 350 g/mol. The lowest BCUT2D eigenvalue weighted by molar-refractivity contribution is 0.241. The first-order chi connectivity index (χ1) is 11.8. The van der Waals surface area contributed by atoms with E-state index in [1.807, 2.05) is 0 Å². The zero-order valence-electron chi connectivity index (χ0n) is 14.4. The Labute approximate surface area is 144 Å². The highest BCUT2D eigenvalue weighted by Gasteiger charge is 2.25. The fraction of sp³-hybridized carbons (Fsp3) is 0.278. The van der Waals surface area contributed by atoms with E-state index in [1.165, 1.54) is 20.3 Å². The largest absolute Gasteiger partial charge is 0.493 e. The van der Waals surface area contributed by atoms with Crippen LogP contribution in [0.4, 0.5) is 19.3 Å². The number of anilines is 1. The summed E-state index contributed by atoms with van der Waals surface area (Å²) in [4.78, 5) is 12.2. The van der Waals surface area contributed by atoms with Crippen LogP contribution in [-0.4, -0.2) is 20.3 Å². The van der Waals surface area contributed by atoms with Crippen LogP contribution in [-0.2, 0) is 5.54 Å². The van der Waals surface area contributed by atoms with Gasteiger partial charge in [0.1, 0.15) is 17.3 Å². The molecule has 0 saturated carbocycles. The molecule has 5 nitrogen and oxygen atoms in total. The van der Waals surface area contributed by atoms with Crippen molar-refractivity contribution in [2.75, 3.05) is 19.5 Å². The molecule has 0 unspecified atom stereocenters. The number of carbonyl (C=O) groups is 1. The van der Waals surface area contributed by atoms with E-state index in [0.717, 1.165) is 17.7 Å². The number of rotatable bonds is 5. The molecule has 0 radical (unpaired) electrons. The SMILES string of the molecule is COc1ccc(C(C)(C)NC(=O)Nc2c(F)cccc2F)cc1OC. The molecule has 2 aromatic carbocycles. The highest BCUT2D eigenvalue weighted by molar-refractivity contribution is 5.90. The van der Waals surface area contributed by atoms with Crippen molar-refractivity contribution < 1.29 is 23.0 Å². The summed E-state index contributed by atoms with van der Waals surface area (Å²) in [5.74, 6) is -0.631. The number of hydrogen-bond acceptors (Lipinski definition) is 3. The smallest absolute Gasteiger partial charge is 0.320 e. The number of hydrogen-bond donors (Lipinski definition) is 2. The summed E-state index contributed by atoms with van der Waals surface area (Å²) >= 11 is 0.